The van der Waals surface area contributed by atoms with E-state index in [2.05, 4.69) is 10.1 Å². The van der Waals surface area contributed by atoms with Gasteiger partial charge in [0.15, 0.2) is 5.17 Å². The Labute approximate surface area is 166 Å². The average molecular weight is 420 g/mol. The van der Waals surface area contributed by atoms with E-state index in [0.717, 1.165) is 5.01 Å². The Morgan fingerprint density at radius 2 is 1.71 bits per heavy atom. The molecule has 0 aromatic heterocycles. The van der Waals surface area contributed by atoms with Crippen molar-refractivity contribution in [2.24, 2.45) is 10.1 Å². The van der Waals surface area contributed by atoms with Crippen LogP contribution in [-0.4, -0.2) is 37.9 Å². The molecule has 0 atom stereocenters. The molecule has 0 aliphatic carbocycles. The Balaban J connectivity index is 1.83. The van der Waals surface area contributed by atoms with E-state index in [1.165, 1.54) is 60.4 Å². The maximum absolute atomic E-state index is 12.1. The van der Waals surface area contributed by atoms with Crippen molar-refractivity contribution in [1.82, 2.24) is 5.01 Å². The minimum absolute atomic E-state index is 0.0678. The van der Waals surface area contributed by atoms with Crippen LogP contribution in [0.25, 0.3) is 0 Å². The lowest BCUT2D eigenvalue weighted by Gasteiger charge is -2.09. The SMILES string of the molecule is O=C1CSC(=Nc2ccc([N+](=O)[O-])cc2)N1/N=C\c1ccc([N+](=O)[O-])cc1Cl. The van der Waals surface area contributed by atoms with Gasteiger partial charge in [-0.2, -0.15) is 10.1 Å². The third-order valence-corrected chi connectivity index (χ3v) is 4.78. The fraction of sp³-hybridized carbons (Fsp3) is 0.0625. The Morgan fingerprint density at radius 3 is 2.32 bits per heavy atom. The molecule has 2 aromatic carbocycles. The molecule has 1 aliphatic rings. The first-order chi connectivity index (χ1) is 13.3. The molecular formula is C16H10ClN5O5S. The van der Waals surface area contributed by atoms with E-state index in [0.29, 0.717) is 16.4 Å². The Hall–Kier alpha value is -3.31. The van der Waals surface area contributed by atoms with Crippen molar-refractivity contribution in [1.29, 1.82) is 0 Å². The zero-order valence-corrected chi connectivity index (χ0v) is 15.5. The van der Waals surface area contributed by atoms with Crippen LogP contribution in [0.2, 0.25) is 5.02 Å². The summed E-state index contributed by atoms with van der Waals surface area (Å²) in [5, 5.41) is 27.0. The third-order valence-electron chi connectivity index (χ3n) is 3.53. The molecule has 12 heteroatoms. The van der Waals surface area contributed by atoms with Gasteiger partial charge < -0.3 is 0 Å². The van der Waals surface area contributed by atoms with Crippen LogP contribution < -0.4 is 0 Å². The highest BCUT2D eigenvalue weighted by molar-refractivity contribution is 8.15. The molecule has 0 saturated carbocycles. The molecule has 142 valence electrons. The number of aliphatic imine (C=N–C) groups is 1. The fourth-order valence-electron chi connectivity index (χ4n) is 2.16. The number of halogens is 1. The standard InChI is InChI=1S/C16H10ClN5O5S/c17-14-7-13(22(26)27)4-1-10(14)8-18-20-15(23)9-28-16(20)19-11-2-5-12(6-3-11)21(24)25/h1-8H,9H2/b18-8-,19-16?. The fourth-order valence-corrected chi connectivity index (χ4v) is 3.20. The number of benzene rings is 2. The summed E-state index contributed by atoms with van der Waals surface area (Å²) in [6.45, 7) is 0. The van der Waals surface area contributed by atoms with Gasteiger partial charge in [-0.3, -0.25) is 25.0 Å². The molecule has 1 saturated heterocycles. The number of carbonyl (C=O) groups excluding carboxylic acids is 1. The quantitative estimate of drug-likeness (QED) is 0.412. The van der Waals surface area contributed by atoms with Crippen LogP contribution in [0.1, 0.15) is 5.56 Å². The summed E-state index contributed by atoms with van der Waals surface area (Å²) in [4.78, 5) is 36.7. The van der Waals surface area contributed by atoms with Crippen LogP contribution in [0.3, 0.4) is 0 Å². The van der Waals surface area contributed by atoms with Gasteiger partial charge in [-0.25, -0.2) is 4.99 Å². The molecule has 2 aromatic rings. The molecule has 0 radical (unpaired) electrons. The lowest BCUT2D eigenvalue weighted by Crippen LogP contribution is -2.23. The van der Waals surface area contributed by atoms with Crippen molar-refractivity contribution in [3.05, 3.63) is 73.3 Å². The molecular weight excluding hydrogens is 410 g/mol. The number of amidine groups is 1. The van der Waals surface area contributed by atoms with Gasteiger partial charge in [-0.05, 0) is 18.2 Å². The molecule has 1 heterocycles. The zero-order chi connectivity index (χ0) is 20.3. The van der Waals surface area contributed by atoms with Crippen molar-refractivity contribution < 1.29 is 14.6 Å². The number of thioether (sulfide) groups is 1. The first-order valence-corrected chi connectivity index (χ1v) is 8.98. The summed E-state index contributed by atoms with van der Waals surface area (Å²) in [5.41, 5.74) is 0.597. The summed E-state index contributed by atoms with van der Waals surface area (Å²) < 4.78 is 0. The molecule has 28 heavy (non-hydrogen) atoms. The number of nitro groups is 2. The molecule has 1 aliphatic heterocycles. The lowest BCUT2D eigenvalue weighted by atomic mass is 10.2. The second-order valence-electron chi connectivity index (χ2n) is 5.37. The van der Waals surface area contributed by atoms with Crippen molar-refractivity contribution >= 4 is 57.7 Å². The normalized spacial score (nSPS) is 15.5. The van der Waals surface area contributed by atoms with Gasteiger partial charge in [0, 0.05) is 29.8 Å². The van der Waals surface area contributed by atoms with Crippen LogP contribution in [0.4, 0.5) is 17.1 Å². The van der Waals surface area contributed by atoms with E-state index in [1.54, 1.807) is 0 Å². The molecule has 10 nitrogen and oxygen atoms in total. The average Bonchev–Trinajstić information content (AvgIpc) is 3.00. The number of non-ortho nitro benzene ring substituents is 2. The van der Waals surface area contributed by atoms with Gasteiger partial charge in [0.1, 0.15) is 0 Å². The molecule has 0 N–H and O–H groups in total. The number of nitro benzene ring substituents is 2. The first kappa shape index (κ1) is 19.5. The van der Waals surface area contributed by atoms with Crippen LogP contribution in [0.15, 0.2) is 52.6 Å². The third kappa shape index (κ3) is 4.32. The number of hydrogen-bond acceptors (Lipinski definition) is 8. The monoisotopic (exact) mass is 419 g/mol. The summed E-state index contributed by atoms with van der Waals surface area (Å²) >= 11 is 7.18. The zero-order valence-electron chi connectivity index (χ0n) is 13.9. The van der Waals surface area contributed by atoms with Gasteiger partial charge in [0.2, 0.25) is 0 Å². The molecule has 3 rings (SSSR count). The van der Waals surface area contributed by atoms with E-state index in [1.807, 2.05) is 0 Å². The number of carbonyl (C=O) groups is 1. The highest BCUT2D eigenvalue weighted by atomic mass is 35.5. The maximum Gasteiger partial charge on any atom is 0.270 e. The summed E-state index contributed by atoms with van der Waals surface area (Å²) in [7, 11) is 0. The predicted molar refractivity (Wildman–Crippen MR) is 105 cm³/mol. The van der Waals surface area contributed by atoms with Crippen molar-refractivity contribution in [3.63, 3.8) is 0 Å². The minimum Gasteiger partial charge on any atom is -0.271 e. The number of hydrazone groups is 1. The predicted octanol–water partition coefficient (Wildman–Crippen LogP) is 3.75. The molecule has 0 bridgehead atoms. The first-order valence-electron chi connectivity index (χ1n) is 7.62. The van der Waals surface area contributed by atoms with Crippen LogP contribution in [-0.2, 0) is 4.79 Å². The van der Waals surface area contributed by atoms with Crippen LogP contribution in [0.5, 0.6) is 0 Å². The van der Waals surface area contributed by atoms with Gasteiger partial charge in [0.25, 0.3) is 17.3 Å². The number of amides is 1. The topological polar surface area (TPSA) is 131 Å². The summed E-state index contributed by atoms with van der Waals surface area (Å²) in [6.07, 6.45) is 1.31. The highest BCUT2D eigenvalue weighted by Gasteiger charge is 2.28. The Bertz CT molecular complexity index is 1020. The number of nitrogens with zero attached hydrogens (tertiary/aromatic N) is 5. The van der Waals surface area contributed by atoms with Gasteiger partial charge in [0.05, 0.1) is 32.5 Å². The smallest absolute Gasteiger partial charge is 0.270 e. The van der Waals surface area contributed by atoms with E-state index >= 15 is 0 Å². The second kappa shape index (κ2) is 8.15. The van der Waals surface area contributed by atoms with E-state index in [-0.39, 0.29) is 28.1 Å². The minimum atomic E-state index is -0.567. The van der Waals surface area contributed by atoms with E-state index in [4.69, 9.17) is 11.6 Å². The van der Waals surface area contributed by atoms with Crippen LogP contribution >= 0.6 is 23.4 Å². The molecule has 0 spiro atoms. The lowest BCUT2D eigenvalue weighted by molar-refractivity contribution is -0.385. The van der Waals surface area contributed by atoms with E-state index < -0.39 is 9.85 Å². The molecule has 1 amide bonds. The van der Waals surface area contributed by atoms with Gasteiger partial charge >= 0.3 is 0 Å². The van der Waals surface area contributed by atoms with E-state index in [9.17, 15) is 25.0 Å². The highest BCUT2D eigenvalue weighted by Crippen LogP contribution is 2.26. The van der Waals surface area contributed by atoms with Crippen molar-refractivity contribution in [3.8, 4) is 0 Å². The molecule has 1 fully saturated rings. The van der Waals surface area contributed by atoms with Crippen molar-refractivity contribution in [2.45, 2.75) is 0 Å². The van der Waals surface area contributed by atoms with Crippen LogP contribution in [0, 0.1) is 20.2 Å². The number of hydrogen-bond donors (Lipinski definition) is 0. The Morgan fingerprint density at radius 1 is 1.07 bits per heavy atom. The Kier molecular flexibility index (Phi) is 5.66. The largest absolute Gasteiger partial charge is 0.271 e. The summed E-state index contributed by atoms with van der Waals surface area (Å²) in [5.74, 6) is -0.170. The maximum atomic E-state index is 12.1. The van der Waals surface area contributed by atoms with Gasteiger partial charge in [-0.1, -0.05) is 23.4 Å². The molecule has 0 unspecified atom stereocenters. The second-order valence-corrected chi connectivity index (χ2v) is 6.72. The van der Waals surface area contributed by atoms with Gasteiger partial charge in [-0.15, -0.1) is 0 Å². The number of rotatable bonds is 5. The summed E-state index contributed by atoms with van der Waals surface area (Å²) in [6, 6.07) is 9.43. The van der Waals surface area contributed by atoms with Crippen molar-refractivity contribution in [2.75, 3.05) is 5.75 Å².